The highest BCUT2D eigenvalue weighted by Gasteiger charge is 2.34. The summed E-state index contributed by atoms with van der Waals surface area (Å²) in [6, 6.07) is 7.03. The molecule has 1 fully saturated rings. The molecule has 0 saturated carbocycles. The lowest BCUT2D eigenvalue weighted by Crippen LogP contribution is -2.15. The average molecular weight is 241 g/mol. The second-order valence-electron chi connectivity index (χ2n) is 4.24. The van der Waals surface area contributed by atoms with Crippen molar-refractivity contribution < 1.29 is 13.5 Å². The second kappa shape index (κ2) is 4.07. The number of hydrogen-bond donors (Lipinski definition) is 2. The number of para-hydroxylation sites is 1. The molecule has 0 spiro atoms. The maximum atomic E-state index is 11.3. The lowest BCUT2D eigenvalue weighted by atomic mass is 9.94. The van der Waals surface area contributed by atoms with Gasteiger partial charge < -0.3 is 10.8 Å². The van der Waals surface area contributed by atoms with E-state index in [1.807, 2.05) is 0 Å². The van der Waals surface area contributed by atoms with Crippen molar-refractivity contribution >= 4 is 15.5 Å². The van der Waals surface area contributed by atoms with Crippen molar-refractivity contribution in [3.63, 3.8) is 0 Å². The molecule has 3 N–H and O–H groups in total. The lowest BCUT2D eigenvalue weighted by molar-refractivity contribution is 0.122. The molecule has 2 rings (SSSR count). The first-order valence-electron chi connectivity index (χ1n) is 5.22. The molecule has 5 heteroatoms. The molecule has 0 radical (unpaired) electrons. The Morgan fingerprint density at radius 2 is 2.06 bits per heavy atom. The van der Waals surface area contributed by atoms with Gasteiger partial charge in [-0.05, 0) is 12.5 Å². The third-order valence-corrected chi connectivity index (χ3v) is 4.82. The summed E-state index contributed by atoms with van der Waals surface area (Å²) < 4.78 is 22.6. The molecule has 0 amide bonds. The van der Waals surface area contributed by atoms with Gasteiger partial charge in [0.25, 0.3) is 0 Å². The molecule has 2 unspecified atom stereocenters. The Morgan fingerprint density at radius 1 is 1.38 bits per heavy atom. The van der Waals surface area contributed by atoms with E-state index >= 15 is 0 Å². The molecule has 0 aromatic heterocycles. The van der Waals surface area contributed by atoms with E-state index in [-0.39, 0.29) is 17.4 Å². The summed E-state index contributed by atoms with van der Waals surface area (Å²) in [5, 5.41) is 10.1. The van der Waals surface area contributed by atoms with Gasteiger partial charge in [-0.1, -0.05) is 18.2 Å². The predicted octanol–water partition coefficient (Wildman–Crippen LogP) is 0.737. The predicted molar refractivity (Wildman–Crippen MR) is 62.6 cm³/mol. The first kappa shape index (κ1) is 11.4. The molecule has 88 valence electrons. The Morgan fingerprint density at radius 3 is 2.62 bits per heavy atom. The molecule has 1 aromatic rings. The van der Waals surface area contributed by atoms with Crippen LogP contribution in [-0.4, -0.2) is 25.0 Å². The molecule has 1 aliphatic rings. The number of anilines is 1. The summed E-state index contributed by atoms with van der Waals surface area (Å²) in [7, 11) is -2.96. The van der Waals surface area contributed by atoms with Gasteiger partial charge in [-0.3, -0.25) is 0 Å². The van der Waals surface area contributed by atoms with Crippen molar-refractivity contribution in [3.8, 4) is 0 Å². The largest absolute Gasteiger partial charge is 0.398 e. The molecule has 1 aromatic carbocycles. The number of nitrogen functional groups attached to an aromatic ring is 1. The summed E-state index contributed by atoms with van der Waals surface area (Å²) in [6.07, 6.45) is -0.267. The van der Waals surface area contributed by atoms with E-state index in [4.69, 9.17) is 5.73 Å². The summed E-state index contributed by atoms with van der Waals surface area (Å²) in [6.45, 7) is 0. The van der Waals surface area contributed by atoms with Crippen LogP contribution < -0.4 is 5.73 Å². The van der Waals surface area contributed by atoms with Crippen LogP contribution in [0.5, 0.6) is 0 Å². The van der Waals surface area contributed by atoms with Crippen LogP contribution in [0.4, 0.5) is 5.69 Å². The van der Waals surface area contributed by atoms with E-state index in [9.17, 15) is 13.5 Å². The van der Waals surface area contributed by atoms with Gasteiger partial charge in [0.15, 0.2) is 9.84 Å². The number of rotatable bonds is 2. The zero-order chi connectivity index (χ0) is 11.8. The first-order valence-corrected chi connectivity index (χ1v) is 7.04. The van der Waals surface area contributed by atoms with Gasteiger partial charge in [-0.15, -0.1) is 0 Å². The SMILES string of the molecule is Nc1ccccc1C(O)C1CCS(=O)(=O)C1. The Kier molecular flexibility index (Phi) is 2.90. The summed E-state index contributed by atoms with van der Waals surface area (Å²) >= 11 is 0. The van der Waals surface area contributed by atoms with Crippen LogP contribution in [0.25, 0.3) is 0 Å². The van der Waals surface area contributed by atoms with Crippen LogP contribution in [0.3, 0.4) is 0 Å². The minimum atomic E-state index is -2.96. The van der Waals surface area contributed by atoms with E-state index in [0.29, 0.717) is 17.7 Å². The van der Waals surface area contributed by atoms with Gasteiger partial charge in [0.05, 0.1) is 17.6 Å². The second-order valence-corrected chi connectivity index (χ2v) is 6.47. The molecule has 1 aliphatic heterocycles. The van der Waals surface area contributed by atoms with Crippen LogP contribution in [-0.2, 0) is 9.84 Å². The monoisotopic (exact) mass is 241 g/mol. The number of hydrogen-bond acceptors (Lipinski definition) is 4. The zero-order valence-electron chi connectivity index (χ0n) is 8.83. The fourth-order valence-corrected chi connectivity index (χ4v) is 3.94. The van der Waals surface area contributed by atoms with Crippen molar-refractivity contribution in [2.75, 3.05) is 17.2 Å². The topological polar surface area (TPSA) is 80.4 Å². The molecule has 4 nitrogen and oxygen atoms in total. The number of aliphatic hydroxyl groups excluding tert-OH is 1. The Balaban J connectivity index is 2.21. The van der Waals surface area contributed by atoms with Crippen LogP contribution >= 0.6 is 0 Å². The minimum absolute atomic E-state index is 0.0580. The van der Waals surface area contributed by atoms with Crippen LogP contribution in [0.1, 0.15) is 18.1 Å². The zero-order valence-corrected chi connectivity index (χ0v) is 9.65. The number of aliphatic hydroxyl groups is 1. The van der Waals surface area contributed by atoms with E-state index < -0.39 is 15.9 Å². The highest BCUT2D eigenvalue weighted by Crippen LogP contribution is 2.33. The Labute approximate surface area is 95.0 Å². The van der Waals surface area contributed by atoms with Gasteiger partial charge in [0.1, 0.15) is 0 Å². The standard InChI is InChI=1S/C11H15NO3S/c12-10-4-2-1-3-9(10)11(13)8-5-6-16(14,15)7-8/h1-4,8,11,13H,5-7,12H2. The minimum Gasteiger partial charge on any atom is -0.398 e. The van der Waals surface area contributed by atoms with Gasteiger partial charge in [-0.25, -0.2) is 8.42 Å². The molecule has 0 bridgehead atoms. The average Bonchev–Trinajstić information content (AvgIpc) is 2.59. The smallest absolute Gasteiger partial charge is 0.150 e. The van der Waals surface area contributed by atoms with E-state index in [0.717, 1.165) is 0 Å². The quantitative estimate of drug-likeness (QED) is 0.748. The van der Waals surface area contributed by atoms with Gasteiger partial charge in [-0.2, -0.15) is 0 Å². The van der Waals surface area contributed by atoms with Crippen LogP contribution in [0.15, 0.2) is 24.3 Å². The highest BCUT2D eigenvalue weighted by molar-refractivity contribution is 7.91. The summed E-state index contributed by atoms with van der Waals surface area (Å²) in [5.41, 5.74) is 6.89. The molecule has 16 heavy (non-hydrogen) atoms. The fraction of sp³-hybridized carbons (Fsp3) is 0.455. The highest BCUT2D eigenvalue weighted by atomic mass is 32.2. The normalized spacial score (nSPS) is 25.4. The van der Waals surface area contributed by atoms with Crippen LogP contribution in [0.2, 0.25) is 0 Å². The first-order chi connectivity index (χ1) is 7.49. The summed E-state index contributed by atoms with van der Waals surface area (Å²) in [4.78, 5) is 0. The number of nitrogens with two attached hydrogens (primary N) is 1. The number of sulfone groups is 1. The molecular formula is C11H15NO3S. The van der Waals surface area contributed by atoms with Crippen molar-refractivity contribution in [1.29, 1.82) is 0 Å². The third kappa shape index (κ3) is 2.20. The molecule has 0 aliphatic carbocycles. The van der Waals surface area contributed by atoms with Crippen molar-refractivity contribution in [2.45, 2.75) is 12.5 Å². The Bertz CT molecular complexity index is 484. The van der Waals surface area contributed by atoms with Crippen molar-refractivity contribution in [2.24, 2.45) is 5.92 Å². The van der Waals surface area contributed by atoms with Crippen molar-refractivity contribution in [3.05, 3.63) is 29.8 Å². The van der Waals surface area contributed by atoms with Gasteiger partial charge >= 0.3 is 0 Å². The molecule has 2 atom stereocenters. The molecular weight excluding hydrogens is 226 g/mol. The molecule has 1 saturated heterocycles. The lowest BCUT2D eigenvalue weighted by Gasteiger charge is -2.18. The maximum Gasteiger partial charge on any atom is 0.150 e. The van der Waals surface area contributed by atoms with Crippen molar-refractivity contribution in [1.82, 2.24) is 0 Å². The van der Waals surface area contributed by atoms with Gasteiger partial charge in [0, 0.05) is 17.2 Å². The third-order valence-electron chi connectivity index (χ3n) is 3.03. The number of benzene rings is 1. The summed E-state index contributed by atoms with van der Waals surface area (Å²) in [5.74, 6) is -0.000973. The van der Waals surface area contributed by atoms with E-state index in [1.165, 1.54) is 0 Å². The maximum absolute atomic E-state index is 11.3. The molecule has 1 heterocycles. The van der Waals surface area contributed by atoms with E-state index in [2.05, 4.69) is 0 Å². The van der Waals surface area contributed by atoms with E-state index in [1.54, 1.807) is 24.3 Å². The Hall–Kier alpha value is -1.07. The van der Waals surface area contributed by atoms with Gasteiger partial charge in [0.2, 0.25) is 0 Å². The fourth-order valence-electron chi connectivity index (χ4n) is 2.11. The van der Waals surface area contributed by atoms with Crippen LogP contribution in [0, 0.1) is 5.92 Å².